The molecule has 2 amide bonds. The lowest BCUT2D eigenvalue weighted by atomic mass is 10.1. The van der Waals surface area contributed by atoms with Crippen LogP contribution in [-0.2, 0) is 16.0 Å². The molecule has 138 valence electrons. The maximum absolute atomic E-state index is 12.5. The Bertz CT molecular complexity index is 978. The highest BCUT2D eigenvalue weighted by Gasteiger charge is 2.34. The predicted molar refractivity (Wildman–Crippen MR) is 106 cm³/mol. The molecule has 1 fully saturated rings. The van der Waals surface area contributed by atoms with Gasteiger partial charge in [-0.05, 0) is 43.2 Å². The molecule has 1 aliphatic rings. The topological polar surface area (TPSA) is 65.2 Å². The lowest BCUT2D eigenvalue weighted by molar-refractivity contribution is -0.128. The van der Waals surface area contributed by atoms with Gasteiger partial charge in [0.05, 0.1) is 5.92 Å². The molecule has 5 nitrogen and oxygen atoms in total. The number of hydrogen-bond acceptors (Lipinski definition) is 2. The molecule has 0 radical (unpaired) electrons. The molecular formula is C22H23N3O2. The number of aryl methyl sites for hydroxylation is 1. The fourth-order valence-corrected chi connectivity index (χ4v) is 3.68. The van der Waals surface area contributed by atoms with E-state index in [1.54, 1.807) is 0 Å². The molecular weight excluding hydrogens is 338 g/mol. The lowest BCUT2D eigenvalue weighted by Crippen LogP contribution is -2.29. The van der Waals surface area contributed by atoms with Crippen LogP contribution in [0.15, 0.2) is 54.7 Å². The second-order valence-corrected chi connectivity index (χ2v) is 7.21. The van der Waals surface area contributed by atoms with Crippen LogP contribution in [0.1, 0.15) is 17.5 Å². The molecule has 1 saturated heterocycles. The number of nitrogens with zero attached hydrogens (tertiary/aromatic N) is 1. The summed E-state index contributed by atoms with van der Waals surface area (Å²) in [6.45, 7) is 3.20. The highest BCUT2D eigenvalue weighted by Crippen LogP contribution is 2.23. The van der Waals surface area contributed by atoms with Crippen molar-refractivity contribution in [3.63, 3.8) is 0 Å². The maximum Gasteiger partial charge on any atom is 0.229 e. The smallest absolute Gasteiger partial charge is 0.229 e. The first-order valence-electron chi connectivity index (χ1n) is 9.30. The monoisotopic (exact) mass is 361 g/mol. The van der Waals surface area contributed by atoms with Crippen molar-refractivity contribution in [1.82, 2.24) is 9.88 Å². The second-order valence-electron chi connectivity index (χ2n) is 7.21. The largest absolute Gasteiger partial charge is 0.361 e. The third-order valence-electron chi connectivity index (χ3n) is 5.20. The number of nitrogens with one attached hydrogen (secondary N) is 2. The number of H-pyrrole nitrogens is 1. The molecule has 1 atom stereocenters. The Morgan fingerprint density at radius 3 is 2.85 bits per heavy atom. The van der Waals surface area contributed by atoms with E-state index in [4.69, 9.17) is 0 Å². The number of carbonyl (C=O) groups is 2. The van der Waals surface area contributed by atoms with E-state index in [1.165, 1.54) is 16.5 Å². The van der Waals surface area contributed by atoms with Gasteiger partial charge in [0, 0.05) is 42.3 Å². The Morgan fingerprint density at radius 1 is 1.22 bits per heavy atom. The molecule has 3 aromatic rings. The molecule has 0 aliphatic carbocycles. The maximum atomic E-state index is 12.5. The fourth-order valence-electron chi connectivity index (χ4n) is 3.68. The summed E-state index contributed by atoms with van der Waals surface area (Å²) < 4.78 is 0. The van der Waals surface area contributed by atoms with Crippen LogP contribution in [0, 0.1) is 12.8 Å². The number of para-hydroxylation sites is 1. The van der Waals surface area contributed by atoms with E-state index in [0.29, 0.717) is 13.1 Å². The molecule has 1 aliphatic heterocycles. The minimum absolute atomic E-state index is 0.0548. The number of aromatic nitrogens is 1. The summed E-state index contributed by atoms with van der Waals surface area (Å²) in [4.78, 5) is 29.9. The van der Waals surface area contributed by atoms with Gasteiger partial charge in [-0.15, -0.1) is 0 Å². The summed E-state index contributed by atoms with van der Waals surface area (Å²) in [5, 5.41) is 4.11. The summed E-state index contributed by atoms with van der Waals surface area (Å²) in [6, 6.07) is 15.7. The summed E-state index contributed by atoms with van der Waals surface area (Å²) in [6.07, 6.45) is 3.08. The summed E-state index contributed by atoms with van der Waals surface area (Å²) in [7, 11) is 0. The van der Waals surface area contributed by atoms with Crippen molar-refractivity contribution in [3.8, 4) is 0 Å². The van der Waals surface area contributed by atoms with E-state index in [2.05, 4.69) is 35.4 Å². The number of amides is 2. The molecule has 2 aromatic carbocycles. The summed E-state index contributed by atoms with van der Waals surface area (Å²) >= 11 is 0. The predicted octanol–water partition coefficient (Wildman–Crippen LogP) is 3.51. The van der Waals surface area contributed by atoms with Crippen LogP contribution in [0.5, 0.6) is 0 Å². The van der Waals surface area contributed by atoms with Gasteiger partial charge in [0.2, 0.25) is 11.8 Å². The van der Waals surface area contributed by atoms with Gasteiger partial charge < -0.3 is 15.2 Å². The summed E-state index contributed by atoms with van der Waals surface area (Å²) in [5.74, 6) is -0.318. The number of carbonyl (C=O) groups excluding carboxylic acids is 2. The molecule has 0 spiro atoms. The highest BCUT2D eigenvalue weighted by molar-refractivity contribution is 5.97. The number of likely N-dealkylation sites (tertiary alicyclic amines) is 1. The van der Waals surface area contributed by atoms with E-state index in [0.717, 1.165) is 17.6 Å². The Morgan fingerprint density at radius 2 is 2.04 bits per heavy atom. The number of benzene rings is 2. The number of aromatic amines is 1. The van der Waals surface area contributed by atoms with Gasteiger partial charge in [0.1, 0.15) is 0 Å². The number of anilines is 1. The first kappa shape index (κ1) is 17.3. The van der Waals surface area contributed by atoms with Gasteiger partial charge >= 0.3 is 0 Å². The van der Waals surface area contributed by atoms with E-state index in [9.17, 15) is 9.59 Å². The van der Waals surface area contributed by atoms with Gasteiger partial charge in [0.15, 0.2) is 0 Å². The molecule has 0 bridgehead atoms. The Hall–Kier alpha value is -3.08. The minimum Gasteiger partial charge on any atom is -0.361 e. The van der Waals surface area contributed by atoms with Crippen LogP contribution in [0.4, 0.5) is 5.69 Å². The van der Waals surface area contributed by atoms with Gasteiger partial charge in [-0.3, -0.25) is 9.59 Å². The number of fused-ring (bicyclic) bond motifs is 1. The average molecular weight is 361 g/mol. The molecule has 1 unspecified atom stereocenters. The van der Waals surface area contributed by atoms with E-state index in [1.807, 2.05) is 41.4 Å². The number of hydrogen-bond donors (Lipinski definition) is 2. The van der Waals surface area contributed by atoms with Crippen LogP contribution < -0.4 is 5.32 Å². The summed E-state index contributed by atoms with van der Waals surface area (Å²) in [5.41, 5.74) is 4.31. The quantitative estimate of drug-likeness (QED) is 0.730. The van der Waals surface area contributed by atoms with Crippen LogP contribution in [0.3, 0.4) is 0 Å². The third kappa shape index (κ3) is 3.72. The molecule has 5 heteroatoms. The zero-order chi connectivity index (χ0) is 18.8. The van der Waals surface area contributed by atoms with Crippen LogP contribution in [0.25, 0.3) is 10.9 Å². The van der Waals surface area contributed by atoms with E-state index in [-0.39, 0.29) is 24.2 Å². The Kier molecular flexibility index (Phi) is 4.67. The van der Waals surface area contributed by atoms with Crippen molar-refractivity contribution in [1.29, 1.82) is 0 Å². The minimum atomic E-state index is -0.289. The zero-order valence-corrected chi connectivity index (χ0v) is 15.4. The normalized spacial score (nSPS) is 16.9. The van der Waals surface area contributed by atoms with Gasteiger partial charge in [-0.1, -0.05) is 29.8 Å². The SMILES string of the molecule is Cc1ccc2[nH]cc(CCN3CC(C(=O)Nc4ccccc4)CC3=O)c2c1. The van der Waals surface area contributed by atoms with Crippen LogP contribution in [0.2, 0.25) is 0 Å². The Balaban J connectivity index is 1.38. The molecule has 2 N–H and O–H groups in total. The highest BCUT2D eigenvalue weighted by atomic mass is 16.2. The van der Waals surface area contributed by atoms with Crippen LogP contribution >= 0.6 is 0 Å². The van der Waals surface area contributed by atoms with Gasteiger partial charge in [-0.25, -0.2) is 0 Å². The molecule has 4 rings (SSSR count). The van der Waals surface area contributed by atoms with E-state index < -0.39 is 0 Å². The van der Waals surface area contributed by atoms with Crippen molar-refractivity contribution in [2.45, 2.75) is 19.8 Å². The number of rotatable bonds is 5. The second kappa shape index (κ2) is 7.27. The fraction of sp³-hybridized carbons (Fsp3) is 0.273. The zero-order valence-electron chi connectivity index (χ0n) is 15.4. The van der Waals surface area contributed by atoms with Crippen LogP contribution in [-0.4, -0.2) is 34.8 Å². The van der Waals surface area contributed by atoms with Crippen molar-refractivity contribution >= 4 is 28.4 Å². The first-order valence-corrected chi connectivity index (χ1v) is 9.30. The van der Waals surface area contributed by atoms with Gasteiger partial charge in [0.25, 0.3) is 0 Å². The third-order valence-corrected chi connectivity index (χ3v) is 5.20. The standard InChI is InChI=1S/C22H23N3O2/c1-15-7-8-20-19(11-15)16(13-23-20)9-10-25-14-17(12-21(25)26)22(27)24-18-5-3-2-4-6-18/h2-8,11,13,17,23H,9-10,12,14H2,1H3,(H,24,27). The molecule has 27 heavy (non-hydrogen) atoms. The van der Waals surface area contributed by atoms with Crippen molar-refractivity contribution in [2.24, 2.45) is 5.92 Å². The van der Waals surface area contributed by atoms with Crippen molar-refractivity contribution in [2.75, 3.05) is 18.4 Å². The van der Waals surface area contributed by atoms with Crippen molar-refractivity contribution in [3.05, 3.63) is 65.9 Å². The molecule has 2 heterocycles. The van der Waals surface area contributed by atoms with E-state index >= 15 is 0 Å². The first-order chi connectivity index (χ1) is 13.1. The lowest BCUT2D eigenvalue weighted by Gasteiger charge is -2.16. The Labute approximate surface area is 158 Å². The molecule has 1 aromatic heterocycles. The molecule has 0 saturated carbocycles. The van der Waals surface area contributed by atoms with Crippen molar-refractivity contribution < 1.29 is 9.59 Å². The van der Waals surface area contributed by atoms with Gasteiger partial charge in [-0.2, -0.15) is 0 Å². The average Bonchev–Trinajstić information content (AvgIpc) is 3.24.